The van der Waals surface area contributed by atoms with Crippen molar-refractivity contribution in [2.75, 3.05) is 110 Å². The Morgan fingerprint density at radius 2 is 0.943 bits per heavy atom. The van der Waals surface area contributed by atoms with Crippen molar-refractivity contribution in [2.24, 2.45) is 17.8 Å². The van der Waals surface area contributed by atoms with E-state index in [1.54, 1.807) is 7.11 Å². The maximum atomic E-state index is 13.1. The highest BCUT2D eigenvalue weighted by Crippen LogP contribution is 2.35. The normalized spacial score (nSPS) is 22.1. The van der Waals surface area contributed by atoms with Gasteiger partial charge in [0.05, 0.1) is 39.2 Å². The van der Waals surface area contributed by atoms with E-state index < -0.39 is 0 Å². The van der Waals surface area contributed by atoms with Crippen molar-refractivity contribution in [3.63, 3.8) is 0 Å². The Bertz CT molecular complexity index is 2390. The number of hydrogen-bond acceptors (Lipinski definition) is 10. The summed E-state index contributed by atoms with van der Waals surface area (Å²) in [6, 6.07) is 8.25. The Labute approximate surface area is 417 Å². The largest absolute Gasteiger partial charge is 0.495 e. The molecule has 382 valence electrons. The first-order valence-electron chi connectivity index (χ1n) is 27.0. The second kappa shape index (κ2) is 24.3. The van der Waals surface area contributed by atoms with Gasteiger partial charge in [0.15, 0.2) is 17.3 Å². The molecule has 3 saturated heterocycles. The summed E-state index contributed by atoms with van der Waals surface area (Å²) in [6.45, 7) is 26.9. The van der Waals surface area contributed by atoms with Crippen molar-refractivity contribution in [3.8, 4) is 5.75 Å². The number of methoxy groups -OCH3 is 1. The number of benzene rings is 1. The van der Waals surface area contributed by atoms with E-state index in [1.807, 2.05) is 12.1 Å². The minimum atomic E-state index is 0.168. The molecule has 13 nitrogen and oxygen atoms in total. The number of carbonyl (C=O) groups is 3. The van der Waals surface area contributed by atoms with Crippen molar-refractivity contribution in [1.82, 2.24) is 29.7 Å². The van der Waals surface area contributed by atoms with Gasteiger partial charge >= 0.3 is 0 Å². The van der Waals surface area contributed by atoms with E-state index in [4.69, 9.17) is 14.2 Å². The molecule has 3 aliphatic heterocycles. The molecule has 3 aliphatic carbocycles. The first-order chi connectivity index (χ1) is 34.0. The first kappa shape index (κ1) is 51.8. The van der Waals surface area contributed by atoms with E-state index in [-0.39, 0.29) is 17.8 Å². The third kappa shape index (κ3) is 11.7. The molecular weight excluding hydrogens is 879 g/mol. The predicted molar refractivity (Wildman–Crippen MR) is 279 cm³/mol. The van der Waals surface area contributed by atoms with Gasteiger partial charge in [0.1, 0.15) is 5.75 Å². The average molecular weight is 962 g/mol. The summed E-state index contributed by atoms with van der Waals surface area (Å²) in [7, 11) is 1.73. The van der Waals surface area contributed by atoms with E-state index in [9.17, 15) is 14.4 Å². The van der Waals surface area contributed by atoms with Crippen LogP contribution in [0.2, 0.25) is 0 Å². The van der Waals surface area contributed by atoms with Gasteiger partial charge in [-0.15, -0.1) is 0 Å². The monoisotopic (exact) mass is 962 g/mol. The average Bonchev–Trinajstić information content (AvgIpc) is 4.03. The summed E-state index contributed by atoms with van der Waals surface area (Å²) in [6.07, 6.45) is 10.8. The molecule has 0 saturated carbocycles. The number of ether oxygens (including phenoxy) is 3. The Balaban J connectivity index is 0.000000145. The second-order valence-corrected chi connectivity index (χ2v) is 20.6. The Hall–Kier alpha value is -4.53. The first-order valence-corrected chi connectivity index (χ1v) is 27.0. The fourth-order valence-corrected chi connectivity index (χ4v) is 12.4. The number of aromatic nitrogens is 3. The highest BCUT2D eigenvalue weighted by molar-refractivity contribution is 6.03. The maximum absolute atomic E-state index is 13.1. The number of Topliss-reactive ketones (excluding diaryl/α,β-unsaturated/α-hetero) is 3. The molecule has 6 aliphatic rings. The number of H-pyrrole nitrogens is 3. The molecule has 3 aromatic heterocycles. The van der Waals surface area contributed by atoms with E-state index in [0.29, 0.717) is 17.3 Å². The Kier molecular flexibility index (Phi) is 18.0. The molecule has 0 radical (unpaired) electrons. The zero-order valence-corrected chi connectivity index (χ0v) is 43.7. The molecule has 10 rings (SSSR count). The molecule has 0 amide bonds. The van der Waals surface area contributed by atoms with Crippen LogP contribution in [0.5, 0.6) is 5.75 Å². The summed E-state index contributed by atoms with van der Waals surface area (Å²) in [4.78, 5) is 58.8. The van der Waals surface area contributed by atoms with Crippen LogP contribution >= 0.6 is 0 Å². The van der Waals surface area contributed by atoms with Gasteiger partial charge in [-0.3, -0.25) is 29.1 Å². The van der Waals surface area contributed by atoms with Crippen LogP contribution in [0.1, 0.15) is 135 Å². The van der Waals surface area contributed by atoms with Crippen LogP contribution in [-0.2, 0) is 48.0 Å². The third-order valence-corrected chi connectivity index (χ3v) is 16.4. The molecule has 1 aromatic carbocycles. The van der Waals surface area contributed by atoms with Crippen molar-refractivity contribution in [2.45, 2.75) is 112 Å². The zero-order chi connectivity index (χ0) is 49.3. The SMILES string of the molecule is CCc1c(C)[nH]c2c1C(=O)C(CCN1CCN(c3ccccc3OC)CC1)CC2.CCc1c(C)[nH]c2c1C(=O)C(CCN1CCOCC1)CC2.CCc1c(C)[nH]c2c1C(=O)C(CN1CCOCC1)CC2. The molecule has 3 unspecified atom stereocenters. The predicted octanol–water partition coefficient (Wildman–Crippen LogP) is 8.17. The fourth-order valence-electron chi connectivity index (χ4n) is 12.4. The van der Waals surface area contributed by atoms with Gasteiger partial charge in [0.2, 0.25) is 0 Å². The molecule has 3 fully saturated rings. The number of anilines is 1. The number of morpholine rings is 2. The summed E-state index contributed by atoms with van der Waals surface area (Å²) in [5.41, 5.74) is 15.0. The standard InChI is InChI=1S/C24H33N3O2.C17H26N2O2.C16H24N2O2/c1-4-19-17(2)25-20-10-9-18(24(28)23(19)20)11-12-26-13-15-27(16-14-26)21-7-5-6-8-22(21)29-3;1-3-14-12(2)18-15-5-4-13(17(20)16(14)15)6-7-19-8-10-21-11-9-19;1-3-13-11(2)17-14-5-4-12(16(19)15(13)14)10-18-6-8-20-9-7-18/h5-8,18,25H,4,9-16H2,1-3H3;13,18H,3-11H2,1-2H3;12,17H,3-10H2,1-2H3. The van der Waals surface area contributed by atoms with Gasteiger partial charge in [-0.25, -0.2) is 0 Å². The van der Waals surface area contributed by atoms with Crippen molar-refractivity contribution in [3.05, 3.63) is 91.8 Å². The van der Waals surface area contributed by atoms with Crippen LogP contribution in [-0.4, -0.2) is 153 Å². The van der Waals surface area contributed by atoms with Crippen molar-refractivity contribution < 1.29 is 28.6 Å². The smallest absolute Gasteiger partial charge is 0.169 e. The molecule has 0 spiro atoms. The van der Waals surface area contributed by atoms with Crippen LogP contribution in [0.3, 0.4) is 0 Å². The Morgan fingerprint density at radius 3 is 1.39 bits per heavy atom. The number of para-hydroxylation sites is 2. The number of fused-ring (bicyclic) bond motifs is 3. The number of nitrogens with zero attached hydrogens (tertiary/aromatic N) is 4. The van der Waals surface area contributed by atoms with Gasteiger partial charge in [0, 0.05) is 128 Å². The van der Waals surface area contributed by atoms with Crippen molar-refractivity contribution in [1.29, 1.82) is 0 Å². The fraction of sp³-hybridized carbons (Fsp3) is 0.632. The quantitative estimate of drug-likeness (QED) is 0.120. The summed E-state index contributed by atoms with van der Waals surface area (Å²) >= 11 is 0. The zero-order valence-electron chi connectivity index (χ0n) is 43.7. The number of nitrogens with one attached hydrogen (secondary N) is 3. The summed E-state index contributed by atoms with van der Waals surface area (Å²) < 4.78 is 16.3. The molecule has 4 aromatic rings. The van der Waals surface area contributed by atoms with E-state index in [2.05, 4.69) is 88.2 Å². The van der Waals surface area contributed by atoms with Crippen LogP contribution < -0.4 is 9.64 Å². The lowest BCUT2D eigenvalue weighted by atomic mass is 9.82. The van der Waals surface area contributed by atoms with Gasteiger partial charge in [-0.05, 0) is 133 Å². The topological polar surface area (TPSA) is 139 Å². The molecule has 70 heavy (non-hydrogen) atoms. The van der Waals surface area contributed by atoms with E-state index in [1.165, 1.54) is 56.5 Å². The van der Waals surface area contributed by atoms with Gasteiger partial charge in [-0.2, -0.15) is 0 Å². The van der Waals surface area contributed by atoms with Crippen LogP contribution in [0.4, 0.5) is 5.69 Å². The second-order valence-electron chi connectivity index (χ2n) is 20.6. The molecule has 3 atom stereocenters. The van der Waals surface area contributed by atoms with Gasteiger partial charge in [0.25, 0.3) is 0 Å². The van der Waals surface area contributed by atoms with Gasteiger partial charge in [-0.1, -0.05) is 32.9 Å². The van der Waals surface area contributed by atoms with Crippen molar-refractivity contribution >= 4 is 23.0 Å². The number of ketones is 3. The minimum absolute atomic E-state index is 0.168. The number of aryl methyl sites for hydroxylation is 6. The molecule has 3 N–H and O–H groups in total. The lowest BCUT2D eigenvalue weighted by Crippen LogP contribution is -2.47. The van der Waals surface area contributed by atoms with Crippen LogP contribution in [0.15, 0.2) is 24.3 Å². The number of aromatic amines is 3. The van der Waals surface area contributed by atoms with Gasteiger partial charge < -0.3 is 34.1 Å². The Morgan fingerprint density at radius 1 is 0.543 bits per heavy atom. The van der Waals surface area contributed by atoms with Crippen LogP contribution in [0, 0.1) is 38.5 Å². The summed E-state index contributed by atoms with van der Waals surface area (Å²) in [5.74, 6) is 2.61. The third-order valence-electron chi connectivity index (χ3n) is 16.4. The number of carbonyl (C=O) groups excluding carboxylic acids is 3. The molecule has 6 heterocycles. The maximum Gasteiger partial charge on any atom is 0.169 e. The highest BCUT2D eigenvalue weighted by atomic mass is 16.5. The number of rotatable bonds is 13. The molecular formula is C57H83N7O6. The summed E-state index contributed by atoms with van der Waals surface area (Å²) in [5, 5.41) is 0. The highest BCUT2D eigenvalue weighted by Gasteiger charge is 2.35. The molecule has 13 heteroatoms. The number of piperazine rings is 1. The number of hydrogen-bond donors (Lipinski definition) is 3. The van der Waals surface area contributed by atoms with E-state index in [0.717, 1.165) is 191 Å². The lowest BCUT2D eigenvalue weighted by molar-refractivity contribution is 0.0291. The van der Waals surface area contributed by atoms with Crippen LogP contribution in [0.25, 0.3) is 0 Å². The molecule has 0 bridgehead atoms. The minimum Gasteiger partial charge on any atom is -0.495 e. The van der Waals surface area contributed by atoms with E-state index >= 15 is 0 Å². The lowest BCUT2D eigenvalue weighted by Gasteiger charge is -2.37.